The minimum absolute atomic E-state index is 0.0519. The normalized spacial score (nSPS) is 16.0. The van der Waals surface area contributed by atoms with Crippen molar-refractivity contribution in [2.24, 2.45) is 0 Å². The first kappa shape index (κ1) is 22.7. The van der Waals surface area contributed by atoms with E-state index in [1.807, 2.05) is 6.92 Å². The number of benzene rings is 3. The van der Waals surface area contributed by atoms with Gasteiger partial charge >= 0.3 is 0 Å². The van der Waals surface area contributed by atoms with Crippen LogP contribution in [0.3, 0.4) is 0 Å². The molecule has 9 heteroatoms. The Morgan fingerprint density at radius 1 is 1.06 bits per heavy atom. The molecule has 33 heavy (non-hydrogen) atoms. The summed E-state index contributed by atoms with van der Waals surface area (Å²) < 4.78 is 61.1. The molecule has 3 aromatic carbocycles. The van der Waals surface area contributed by atoms with Crippen LogP contribution in [0, 0.1) is 11.6 Å². The molecule has 1 aliphatic heterocycles. The van der Waals surface area contributed by atoms with Gasteiger partial charge in [0.05, 0.1) is 4.90 Å². The molecule has 0 saturated heterocycles. The van der Waals surface area contributed by atoms with Crippen molar-refractivity contribution in [1.82, 2.24) is 4.90 Å². The second-order valence-corrected chi connectivity index (χ2v) is 9.36. The van der Waals surface area contributed by atoms with Gasteiger partial charge in [-0.15, -0.1) is 0 Å². The van der Waals surface area contributed by atoms with Crippen molar-refractivity contribution in [2.75, 3.05) is 4.72 Å². The average Bonchev–Trinajstić information content (AvgIpc) is 2.91. The first-order chi connectivity index (χ1) is 15.8. The van der Waals surface area contributed by atoms with Gasteiger partial charge in [0.25, 0.3) is 15.9 Å². The number of fused-ring (bicyclic) bond motifs is 1. The zero-order chi connectivity index (χ0) is 23.6. The molecule has 0 spiro atoms. The van der Waals surface area contributed by atoms with Gasteiger partial charge in [0.2, 0.25) is 0 Å². The predicted octanol–water partition coefficient (Wildman–Crippen LogP) is 4.47. The van der Waals surface area contributed by atoms with Gasteiger partial charge in [-0.3, -0.25) is 9.52 Å². The molecule has 1 N–H and O–H groups in total. The van der Waals surface area contributed by atoms with Crippen LogP contribution in [0.2, 0.25) is 0 Å². The molecule has 0 fully saturated rings. The van der Waals surface area contributed by atoms with E-state index in [2.05, 4.69) is 4.72 Å². The monoisotopic (exact) mass is 472 g/mol. The Labute approximate surface area is 190 Å². The standard InChI is InChI=1S/C24H22F2N2O4S/c1-2-22-24(29)28(14-16-5-3-4-6-21(16)26)15-17-13-19(9-12-23(17)32-22)27-33(30,31)20-10-7-18(25)8-11-20/h3-13,22,27H,2,14-15H2,1H3. The summed E-state index contributed by atoms with van der Waals surface area (Å²) in [4.78, 5) is 14.4. The SMILES string of the molecule is CCC1Oc2ccc(NS(=O)(=O)c3ccc(F)cc3)cc2CN(Cc2ccccc2F)C1=O. The van der Waals surface area contributed by atoms with Crippen LogP contribution in [0.15, 0.2) is 71.6 Å². The van der Waals surface area contributed by atoms with E-state index in [0.29, 0.717) is 23.3 Å². The fourth-order valence-corrected chi connectivity index (χ4v) is 4.67. The molecule has 0 aromatic heterocycles. The number of rotatable bonds is 6. The van der Waals surface area contributed by atoms with Gasteiger partial charge < -0.3 is 9.64 Å². The van der Waals surface area contributed by atoms with Gasteiger partial charge in [-0.2, -0.15) is 0 Å². The van der Waals surface area contributed by atoms with Crippen molar-refractivity contribution in [3.8, 4) is 5.75 Å². The number of nitrogens with one attached hydrogen (secondary N) is 1. The largest absolute Gasteiger partial charge is 0.480 e. The van der Waals surface area contributed by atoms with E-state index in [1.165, 1.54) is 29.2 Å². The highest BCUT2D eigenvalue weighted by molar-refractivity contribution is 7.92. The van der Waals surface area contributed by atoms with Gasteiger partial charge in [0.15, 0.2) is 6.10 Å². The lowest BCUT2D eigenvalue weighted by Crippen LogP contribution is -2.39. The molecule has 0 saturated carbocycles. The molecule has 0 aliphatic carbocycles. The third-order valence-electron chi connectivity index (χ3n) is 5.34. The molecule has 1 unspecified atom stereocenters. The summed E-state index contributed by atoms with van der Waals surface area (Å²) in [7, 11) is -3.95. The van der Waals surface area contributed by atoms with Crippen LogP contribution < -0.4 is 9.46 Å². The zero-order valence-corrected chi connectivity index (χ0v) is 18.6. The minimum Gasteiger partial charge on any atom is -0.480 e. The summed E-state index contributed by atoms with van der Waals surface area (Å²) in [6.45, 7) is 1.99. The maximum absolute atomic E-state index is 14.2. The second kappa shape index (κ2) is 9.19. The lowest BCUT2D eigenvalue weighted by molar-refractivity contribution is -0.139. The summed E-state index contributed by atoms with van der Waals surface area (Å²) >= 11 is 0. The lowest BCUT2D eigenvalue weighted by Gasteiger charge is -2.23. The third-order valence-corrected chi connectivity index (χ3v) is 6.74. The molecule has 4 rings (SSSR count). The Morgan fingerprint density at radius 2 is 1.79 bits per heavy atom. The quantitative estimate of drug-likeness (QED) is 0.575. The fraction of sp³-hybridized carbons (Fsp3) is 0.208. The Hall–Kier alpha value is -3.46. The van der Waals surface area contributed by atoms with Gasteiger partial charge in [0.1, 0.15) is 17.4 Å². The molecular weight excluding hydrogens is 450 g/mol. The van der Waals surface area contributed by atoms with Crippen molar-refractivity contribution >= 4 is 21.6 Å². The number of amides is 1. The highest BCUT2D eigenvalue weighted by Crippen LogP contribution is 2.31. The summed E-state index contributed by atoms with van der Waals surface area (Å²) in [5.41, 5.74) is 1.21. The summed E-state index contributed by atoms with van der Waals surface area (Å²) in [5, 5.41) is 0. The van der Waals surface area contributed by atoms with Crippen molar-refractivity contribution < 1.29 is 26.7 Å². The maximum Gasteiger partial charge on any atom is 0.264 e. The number of nitrogens with zero attached hydrogens (tertiary/aromatic N) is 1. The number of carbonyl (C=O) groups is 1. The summed E-state index contributed by atoms with van der Waals surface area (Å²) in [5.74, 6) is -0.771. The molecule has 0 bridgehead atoms. The Morgan fingerprint density at radius 3 is 2.48 bits per heavy atom. The molecule has 1 heterocycles. The number of ether oxygens (including phenoxy) is 1. The first-order valence-corrected chi connectivity index (χ1v) is 11.9. The average molecular weight is 473 g/mol. The lowest BCUT2D eigenvalue weighted by atomic mass is 10.1. The van der Waals surface area contributed by atoms with E-state index in [4.69, 9.17) is 4.74 Å². The Kier molecular flexibility index (Phi) is 6.33. The van der Waals surface area contributed by atoms with E-state index >= 15 is 0 Å². The van der Waals surface area contributed by atoms with Gasteiger partial charge in [-0.25, -0.2) is 17.2 Å². The van der Waals surface area contributed by atoms with E-state index in [9.17, 15) is 22.0 Å². The van der Waals surface area contributed by atoms with Crippen molar-refractivity contribution in [2.45, 2.75) is 37.4 Å². The molecule has 0 radical (unpaired) electrons. The van der Waals surface area contributed by atoms with Crippen LogP contribution in [0.5, 0.6) is 5.75 Å². The van der Waals surface area contributed by atoms with Crippen LogP contribution >= 0.6 is 0 Å². The summed E-state index contributed by atoms with van der Waals surface area (Å²) in [6, 6.07) is 15.4. The number of hydrogen-bond acceptors (Lipinski definition) is 4. The van der Waals surface area contributed by atoms with Crippen LogP contribution in [-0.2, 0) is 27.9 Å². The highest BCUT2D eigenvalue weighted by atomic mass is 32.2. The zero-order valence-electron chi connectivity index (χ0n) is 17.8. The predicted molar refractivity (Wildman–Crippen MR) is 119 cm³/mol. The number of hydrogen-bond donors (Lipinski definition) is 1. The van der Waals surface area contributed by atoms with Gasteiger partial charge in [-0.05, 0) is 55.0 Å². The molecule has 1 amide bonds. The molecule has 1 atom stereocenters. The van der Waals surface area contributed by atoms with Crippen LogP contribution in [-0.4, -0.2) is 25.3 Å². The number of sulfonamides is 1. The van der Waals surface area contributed by atoms with Crippen LogP contribution in [0.25, 0.3) is 0 Å². The van der Waals surface area contributed by atoms with Gasteiger partial charge in [-0.1, -0.05) is 25.1 Å². The molecule has 6 nitrogen and oxygen atoms in total. The maximum atomic E-state index is 14.2. The smallest absolute Gasteiger partial charge is 0.264 e. The van der Waals surface area contributed by atoms with E-state index in [-0.39, 0.29) is 29.6 Å². The Bertz CT molecular complexity index is 1280. The van der Waals surface area contributed by atoms with Crippen LogP contribution in [0.1, 0.15) is 24.5 Å². The third kappa shape index (κ3) is 4.98. The van der Waals surface area contributed by atoms with Crippen LogP contribution in [0.4, 0.5) is 14.5 Å². The van der Waals surface area contributed by atoms with Gasteiger partial charge in [0, 0.05) is 29.9 Å². The number of halogens is 2. The molecule has 1 aliphatic rings. The minimum atomic E-state index is -3.95. The van der Waals surface area contributed by atoms with Crippen molar-refractivity contribution in [1.29, 1.82) is 0 Å². The highest BCUT2D eigenvalue weighted by Gasteiger charge is 2.30. The van der Waals surface area contributed by atoms with Crippen molar-refractivity contribution in [3.63, 3.8) is 0 Å². The molecular formula is C24H22F2N2O4S. The fourth-order valence-electron chi connectivity index (χ4n) is 3.62. The molecule has 3 aromatic rings. The number of anilines is 1. The number of carbonyl (C=O) groups excluding carboxylic acids is 1. The topological polar surface area (TPSA) is 75.7 Å². The summed E-state index contributed by atoms with van der Waals surface area (Å²) in [6.07, 6.45) is -0.315. The van der Waals surface area contributed by atoms with E-state index in [1.54, 1.807) is 30.3 Å². The van der Waals surface area contributed by atoms with E-state index in [0.717, 1.165) is 12.1 Å². The second-order valence-electron chi connectivity index (χ2n) is 7.68. The first-order valence-electron chi connectivity index (χ1n) is 10.4. The molecule has 172 valence electrons. The Balaban J connectivity index is 1.63. The van der Waals surface area contributed by atoms with Crippen molar-refractivity contribution in [3.05, 3.63) is 89.5 Å². The van der Waals surface area contributed by atoms with E-state index < -0.39 is 27.8 Å².